The van der Waals surface area contributed by atoms with Crippen molar-refractivity contribution in [2.75, 3.05) is 11.9 Å². The van der Waals surface area contributed by atoms with Crippen LogP contribution in [0.2, 0.25) is 0 Å². The third-order valence-electron chi connectivity index (χ3n) is 3.09. The lowest BCUT2D eigenvalue weighted by atomic mass is 10.3. The molecule has 3 aromatic rings. The van der Waals surface area contributed by atoms with Crippen LogP contribution in [-0.2, 0) is 6.54 Å². The number of hydrogen-bond donors (Lipinski definition) is 2. The molecule has 0 spiro atoms. The van der Waals surface area contributed by atoms with Gasteiger partial charge in [0.05, 0.1) is 11.4 Å². The van der Waals surface area contributed by atoms with Gasteiger partial charge in [-0.15, -0.1) is 11.3 Å². The summed E-state index contributed by atoms with van der Waals surface area (Å²) in [6.07, 6.45) is 1.70. The maximum atomic E-state index is 5.43. The molecule has 0 aliphatic heterocycles. The van der Waals surface area contributed by atoms with Gasteiger partial charge < -0.3 is 19.9 Å². The predicted octanol–water partition coefficient (Wildman–Crippen LogP) is 3.85. The fourth-order valence-electron chi connectivity index (χ4n) is 1.95. The van der Waals surface area contributed by atoms with Gasteiger partial charge in [-0.3, -0.25) is 0 Å². The van der Waals surface area contributed by atoms with Crippen LogP contribution in [0.25, 0.3) is 10.7 Å². The van der Waals surface area contributed by atoms with Crippen molar-refractivity contribution in [3.63, 3.8) is 0 Å². The van der Waals surface area contributed by atoms with Gasteiger partial charge in [0.15, 0.2) is 5.11 Å². The fourth-order valence-corrected chi connectivity index (χ4v) is 2.79. The van der Waals surface area contributed by atoms with Gasteiger partial charge in [-0.25, -0.2) is 0 Å². The number of rotatable bonds is 7. The maximum Gasteiger partial charge on any atom is 0.246 e. The van der Waals surface area contributed by atoms with Crippen LogP contribution in [0.1, 0.15) is 5.89 Å². The van der Waals surface area contributed by atoms with Crippen LogP contribution >= 0.6 is 23.6 Å². The van der Waals surface area contributed by atoms with Crippen LogP contribution < -0.4 is 15.4 Å². The second kappa shape index (κ2) is 8.41. The zero-order valence-electron chi connectivity index (χ0n) is 13.3. The fraction of sp³-hybridized carbons (Fsp3) is 0.118. The molecule has 128 valence electrons. The Bertz CT molecular complexity index is 829. The van der Waals surface area contributed by atoms with Crippen LogP contribution in [0.4, 0.5) is 5.69 Å². The van der Waals surface area contributed by atoms with Crippen LogP contribution in [0.15, 0.2) is 59.0 Å². The van der Waals surface area contributed by atoms with E-state index in [9.17, 15) is 0 Å². The summed E-state index contributed by atoms with van der Waals surface area (Å²) in [5.41, 5.74) is 0.855. The van der Waals surface area contributed by atoms with Gasteiger partial charge in [-0.2, -0.15) is 4.98 Å². The quantitative estimate of drug-likeness (QED) is 0.482. The lowest BCUT2D eigenvalue weighted by molar-refractivity contribution is 0.363. The Kier molecular flexibility index (Phi) is 5.76. The summed E-state index contributed by atoms with van der Waals surface area (Å²) in [5, 5.41) is 12.5. The highest BCUT2D eigenvalue weighted by molar-refractivity contribution is 7.80. The number of thiophene rings is 1. The molecular formula is C17H16N4O2S2. The lowest BCUT2D eigenvalue weighted by Gasteiger charge is -2.09. The van der Waals surface area contributed by atoms with E-state index in [0.717, 1.165) is 16.3 Å². The summed E-state index contributed by atoms with van der Waals surface area (Å²) in [6.45, 7) is 4.44. The molecule has 3 rings (SSSR count). The highest BCUT2D eigenvalue weighted by atomic mass is 32.1. The molecule has 0 amide bonds. The van der Waals surface area contributed by atoms with Crippen molar-refractivity contribution in [2.45, 2.75) is 6.54 Å². The van der Waals surface area contributed by atoms with E-state index in [-0.39, 0.29) is 0 Å². The molecule has 8 heteroatoms. The number of ether oxygens (including phenoxy) is 1. The van der Waals surface area contributed by atoms with Crippen LogP contribution in [0.3, 0.4) is 0 Å². The van der Waals surface area contributed by atoms with Gasteiger partial charge in [0.1, 0.15) is 12.4 Å². The molecule has 2 heterocycles. The molecule has 0 bridgehead atoms. The summed E-state index contributed by atoms with van der Waals surface area (Å²) in [6, 6.07) is 11.4. The normalized spacial score (nSPS) is 10.2. The number of thiocarbonyl (C=S) groups is 1. The highest BCUT2D eigenvalue weighted by Gasteiger charge is 2.09. The first-order valence-corrected chi connectivity index (χ1v) is 8.78. The van der Waals surface area contributed by atoms with Crippen molar-refractivity contribution in [3.8, 4) is 16.5 Å². The first kappa shape index (κ1) is 17.1. The van der Waals surface area contributed by atoms with Crippen LogP contribution in [-0.4, -0.2) is 21.9 Å². The van der Waals surface area contributed by atoms with Gasteiger partial charge in [-0.05, 0) is 47.9 Å². The molecule has 0 saturated carbocycles. The Labute approximate surface area is 154 Å². The number of hydrogen-bond acceptors (Lipinski definition) is 6. The first-order valence-electron chi connectivity index (χ1n) is 7.49. The number of nitrogens with zero attached hydrogens (tertiary/aromatic N) is 2. The van der Waals surface area contributed by atoms with Gasteiger partial charge in [-0.1, -0.05) is 23.9 Å². The second-order valence-corrected chi connectivity index (χ2v) is 6.28. The van der Waals surface area contributed by atoms with Gasteiger partial charge in [0, 0.05) is 5.69 Å². The molecule has 0 atom stereocenters. The van der Waals surface area contributed by atoms with E-state index in [0.29, 0.717) is 30.0 Å². The predicted molar refractivity (Wildman–Crippen MR) is 103 cm³/mol. The SMILES string of the molecule is C=CCOc1ccc(NC(=S)NCc2nc(-c3cccs3)no2)cc1. The molecule has 2 aromatic heterocycles. The van der Waals surface area contributed by atoms with Crippen molar-refractivity contribution in [1.82, 2.24) is 15.5 Å². The average Bonchev–Trinajstić information content (AvgIpc) is 3.30. The Balaban J connectivity index is 1.48. The van der Waals surface area contributed by atoms with E-state index < -0.39 is 0 Å². The van der Waals surface area contributed by atoms with Crippen molar-refractivity contribution in [3.05, 3.63) is 60.3 Å². The van der Waals surface area contributed by atoms with E-state index in [4.69, 9.17) is 21.5 Å². The molecule has 0 unspecified atom stereocenters. The number of nitrogens with one attached hydrogen (secondary N) is 2. The maximum absolute atomic E-state index is 5.43. The monoisotopic (exact) mass is 372 g/mol. The van der Waals surface area contributed by atoms with E-state index in [1.54, 1.807) is 17.4 Å². The summed E-state index contributed by atoms with van der Waals surface area (Å²) < 4.78 is 10.6. The summed E-state index contributed by atoms with van der Waals surface area (Å²) in [4.78, 5) is 5.30. The number of aromatic nitrogens is 2. The first-order chi connectivity index (χ1) is 12.2. The third kappa shape index (κ3) is 4.88. The standard InChI is InChI=1S/C17H16N4O2S2/c1-2-9-22-13-7-5-12(6-8-13)19-17(24)18-11-15-20-16(21-23-15)14-4-3-10-25-14/h2-8,10H,1,9,11H2,(H2,18,19,24). The Morgan fingerprint density at radius 1 is 1.32 bits per heavy atom. The summed E-state index contributed by atoms with van der Waals surface area (Å²) in [7, 11) is 0. The molecule has 0 fully saturated rings. The van der Waals surface area contributed by atoms with Gasteiger partial charge in [0.25, 0.3) is 0 Å². The molecule has 0 aliphatic rings. The van der Waals surface area contributed by atoms with Gasteiger partial charge in [0.2, 0.25) is 11.7 Å². The Morgan fingerprint density at radius 3 is 2.88 bits per heavy atom. The van der Waals surface area contributed by atoms with Crippen LogP contribution in [0, 0.1) is 0 Å². The molecule has 6 nitrogen and oxygen atoms in total. The van der Waals surface area contributed by atoms with E-state index in [1.165, 1.54) is 0 Å². The van der Waals surface area contributed by atoms with E-state index in [2.05, 4.69) is 27.4 Å². The minimum Gasteiger partial charge on any atom is -0.490 e. The summed E-state index contributed by atoms with van der Waals surface area (Å²) >= 11 is 6.83. The number of anilines is 1. The topological polar surface area (TPSA) is 72.2 Å². The zero-order chi connectivity index (χ0) is 17.5. The molecule has 1 aromatic carbocycles. The molecular weight excluding hydrogens is 356 g/mol. The lowest BCUT2D eigenvalue weighted by Crippen LogP contribution is -2.27. The summed E-state index contributed by atoms with van der Waals surface area (Å²) in [5.74, 6) is 1.83. The van der Waals surface area contributed by atoms with Crippen molar-refractivity contribution in [1.29, 1.82) is 0 Å². The second-order valence-electron chi connectivity index (χ2n) is 4.92. The van der Waals surface area contributed by atoms with Crippen molar-refractivity contribution in [2.24, 2.45) is 0 Å². The van der Waals surface area contributed by atoms with E-state index in [1.807, 2.05) is 41.8 Å². The Hall–Kier alpha value is -2.71. The highest BCUT2D eigenvalue weighted by Crippen LogP contribution is 2.21. The third-order valence-corrected chi connectivity index (χ3v) is 4.20. The number of benzene rings is 1. The molecule has 2 N–H and O–H groups in total. The minimum absolute atomic E-state index is 0.352. The van der Waals surface area contributed by atoms with Gasteiger partial charge >= 0.3 is 0 Å². The van der Waals surface area contributed by atoms with Crippen LogP contribution in [0.5, 0.6) is 5.75 Å². The molecule has 0 aliphatic carbocycles. The zero-order valence-corrected chi connectivity index (χ0v) is 14.9. The van der Waals surface area contributed by atoms with E-state index >= 15 is 0 Å². The van der Waals surface area contributed by atoms with Crippen molar-refractivity contribution >= 4 is 34.4 Å². The Morgan fingerprint density at radius 2 is 2.16 bits per heavy atom. The minimum atomic E-state index is 0.352. The molecule has 0 radical (unpaired) electrons. The average molecular weight is 372 g/mol. The smallest absolute Gasteiger partial charge is 0.246 e. The largest absolute Gasteiger partial charge is 0.490 e. The molecule has 25 heavy (non-hydrogen) atoms. The molecule has 0 saturated heterocycles. The van der Waals surface area contributed by atoms with Crippen molar-refractivity contribution < 1.29 is 9.26 Å².